The van der Waals surface area contributed by atoms with Crippen molar-refractivity contribution >= 4 is 23.9 Å². The summed E-state index contributed by atoms with van der Waals surface area (Å²) in [6, 6.07) is 4.13. The van der Waals surface area contributed by atoms with E-state index >= 15 is 0 Å². The summed E-state index contributed by atoms with van der Waals surface area (Å²) < 4.78 is 101. The first-order chi connectivity index (χ1) is 21.9. The fourth-order valence-electron chi connectivity index (χ4n) is 4.63. The highest BCUT2D eigenvalue weighted by Gasteiger charge is 2.53. The van der Waals surface area contributed by atoms with Crippen molar-refractivity contribution in [3.05, 3.63) is 30.1 Å². The van der Waals surface area contributed by atoms with Crippen molar-refractivity contribution in [2.75, 3.05) is 60.0 Å². The number of alkyl halides is 9. The van der Waals surface area contributed by atoms with Crippen LogP contribution in [0.4, 0.5) is 39.5 Å². The zero-order valence-corrected chi connectivity index (χ0v) is 26.0. The number of esters is 1. The lowest BCUT2D eigenvalue weighted by atomic mass is 9.75. The standard InChI is InChI=1S/C21H34N4O2.3C2HF3O2/c1-4-27-20(26)21-8-6-10-24(14-18-7-5-9-22-13-18)15-19(21)16-25(17-21)12-11-23(2)3;3*3-2(4,5)1(6)7/h5,7,9,13,19H,4,6,8,10-12,14-17H2,1-3H3;3*(H,6,7)/t19-,21-;;;/m0.../s1. The van der Waals surface area contributed by atoms with Gasteiger partial charge in [-0.25, -0.2) is 14.4 Å². The Morgan fingerprint density at radius 3 is 1.79 bits per heavy atom. The first kappa shape index (κ1) is 44.3. The molecule has 21 heteroatoms. The largest absolute Gasteiger partial charge is 0.490 e. The van der Waals surface area contributed by atoms with Gasteiger partial charge in [-0.2, -0.15) is 39.5 Å². The number of hydrogen-bond donors (Lipinski definition) is 3. The van der Waals surface area contributed by atoms with Gasteiger partial charge in [-0.1, -0.05) is 6.07 Å². The summed E-state index contributed by atoms with van der Waals surface area (Å²) in [4.78, 5) is 51.1. The number of likely N-dealkylation sites (tertiary alicyclic amines) is 2. The number of pyridine rings is 1. The van der Waals surface area contributed by atoms with E-state index in [1.54, 1.807) is 0 Å². The van der Waals surface area contributed by atoms with E-state index in [0.29, 0.717) is 12.5 Å². The molecule has 3 N–H and O–H groups in total. The number of likely N-dealkylation sites (N-methyl/N-ethyl adjacent to an activating group) is 1. The molecular formula is C27H37F9N4O8. The third-order valence-electron chi connectivity index (χ3n) is 6.74. The second-order valence-electron chi connectivity index (χ2n) is 10.7. The molecule has 12 nitrogen and oxygen atoms in total. The minimum atomic E-state index is -5.08. The average Bonchev–Trinajstić information content (AvgIpc) is 3.20. The van der Waals surface area contributed by atoms with E-state index in [-0.39, 0.29) is 11.4 Å². The third-order valence-corrected chi connectivity index (χ3v) is 6.74. The van der Waals surface area contributed by atoms with Crippen LogP contribution in [-0.4, -0.2) is 137 Å². The Bertz CT molecular complexity index is 1110. The van der Waals surface area contributed by atoms with Gasteiger partial charge in [-0.3, -0.25) is 14.7 Å². The molecule has 0 amide bonds. The normalized spacial score (nSPS) is 20.0. The number of carboxylic acid groups (broad SMARTS) is 3. The van der Waals surface area contributed by atoms with E-state index < -0.39 is 36.4 Å². The average molecular weight is 717 g/mol. The maximum absolute atomic E-state index is 13.0. The number of aromatic nitrogens is 1. The molecule has 3 rings (SSSR count). The fourth-order valence-corrected chi connectivity index (χ4v) is 4.63. The Hall–Kier alpha value is -3.72. The van der Waals surface area contributed by atoms with Crippen LogP contribution in [0.5, 0.6) is 0 Å². The van der Waals surface area contributed by atoms with Crippen LogP contribution in [0.15, 0.2) is 24.5 Å². The summed E-state index contributed by atoms with van der Waals surface area (Å²) in [5.41, 5.74) is 0.898. The van der Waals surface area contributed by atoms with Crippen LogP contribution in [0.3, 0.4) is 0 Å². The number of aliphatic carboxylic acids is 3. The quantitative estimate of drug-likeness (QED) is 0.278. The highest BCUT2D eigenvalue weighted by Crippen LogP contribution is 2.44. The van der Waals surface area contributed by atoms with Crippen molar-refractivity contribution in [1.29, 1.82) is 0 Å². The van der Waals surface area contributed by atoms with E-state index in [0.717, 1.165) is 58.7 Å². The number of rotatable bonds is 7. The van der Waals surface area contributed by atoms with Crippen molar-refractivity contribution in [2.24, 2.45) is 11.3 Å². The van der Waals surface area contributed by atoms with Crippen molar-refractivity contribution in [3.63, 3.8) is 0 Å². The number of fused-ring (bicyclic) bond motifs is 1. The van der Waals surface area contributed by atoms with E-state index in [1.165, 1.54) is 5.56 Å². The number of nitrogens with zero attached hydrogens (tertiary/aromatic N) is 4. The fraction of sp³-hybridized carbons (Fsp3) is 0.667. The molecule has 0 radical (unpaired) electrons. The molecule has 2 fully saturated rings. The maximum Gasteiger partial charge on any atom is 0.490 e. The van der Waals surface area contributed by atoms with E-state index in [1.807, 2.05) is 25.4 Å². The zero-order chi connectivity index (χ0) is 37.5. The van der Waals surface area contributed by atoms with E-state index in [9.17, 15) is 44.3 Å². The second kappa shape index (κ2) is 19.3. The number of ether oxygens (including phenoxy) is 1. The number of hydrogen-bond acceptors (Lipinski definition) is 9. The van der Waals surface area contributed by atoms with Gasteiger partial charge in [-0.15, -0.1) is 0 Å². The molecule has 276 valence electrons. The van der Waals surface area contributed by atoms with Gasteiger partial charge in [0.15, 0.2) is 0 Å². The number of carbonyl (C=O) groups excluding carboxylic acids is 1. The van der Waals surface area contributed by atoms with Crippen LogP contribution in [0.2, 0.25) is 0 Å². The summed E-state index contributed by atoms with van der Waals surface area (Å²) in [6.07, 6.45) is -9.52. The van der Waals surface area contributed by atoms with Gasteiger partial charge in [0.25, 0.3) is 0 Å². The van der Waals surface area contributed by atoms with Crippen LogP contribution >= 0.6 is 0 Å². The molecule has 0 bridgehead atoms. The van der Waals surface area contributed by atoms with Crippen molar-refractivity contribution in [3.8, 4) is 0 Å². The van der Waals surface area contributed by atoms with Crippen molar-refractivity contribution in [2.45, 2.75) is 44.8 Å². The Morgan fingerprint density at radius 1 is 0.917 bits per heavy atom. The van der Waals surface area contributed by atoms with Crippen LogP contribution in [0, 0.1) is 11.3 Å². The first-order valence-corrected chi connectivity index (χ1v) is 13.9. The molecule has 1 aromatic heterocycles. The SMILES string of the molecule is CCOC(=O)[C@]12CCCN(Cc3cccnc3)C[C@H]1CN(CCN(C)C)C2.O=C(O)C(F)(F)F.O=C(O)C(F)(F)F.O=C(O)C(F)(F)F. The Morgan fingerprint density at radius 2 is 1.40 bits per heavy atom. The van der Waals surface area contributed by atoms with Crippen LogP contribution < -0.4 is 0 Å². The van der Waals surface area contributed by atoms with Gasteiger partial charge >= 0.3 is 42.4 Å². The number of carboxylic acids is 3. The predicted octanol–water partition coefficient (Wildman–Crippen LogP) is 3.62. The molecule has 3 heterocycles. The third kappa shape index (κ3) is 16.4. The molecule has 1 aromatic rings. The highest BCUT2D eigenvalue weighted by atomic mass is 19.4. The summed E-state index contributed by atoms with van der Waals surface area (Å²) >= 11 is 0. The molecule has 2 aliphatic rings. The van der Waals surface area contributed by atoms with Gasteiger partial charge < -0.3 is 29.9 Å². The second-order valence-corrected chi connectivity index (χ2v) is 10.7. The Balaban J connectivity index is 0.000000855. The van der Waals surface area contributed by atoms with E-state index in [2.05, 4.69) is 39.8 Å². The van der Waals surface area contributed by atoms with Gasteiger partial charge in [0.2, 0.25) is 0 Å². The molecule has 2 atom stereocenters. The number of carbonyl (C=O) groups is 4. The molecule has 0 aromatic carbocycles. The Kier molecular flexibility index (Phi) is 17.8. The smallest absolute Gasteiger partial charge is 0.475 e. The van der Waals surface area contributed by atoms with Gasteiger partial charge in [-0.05, 0) is 52.0 Å². The molecule has 0 aliphatic carbocycles. The lowest BCUT2D eigenvalue weighted by Gasteiger charge is -2.31. The number of halogens is 9. The van der Waals surface area contributed by atoms with Crippen molar-refractivity contribution in [1.82, 2.24) is 19.7 Å². The molecular weight excluding hydrogens is 679 g/mol. The Labute approximate surface area is 269 Å². The van der Waals surface area contributed by atoms with Gasteiger partial charge in [0, 0.05) is 57.6 Å². The van der Waals surface area contributed by atoms with E-state index in [4.69, 9.17) is 34.4 Å². The minimum absolute atomic E-state index is 0.0191. The van der Waals surface area contributed by atoms with Crippen LogP contribution in [0.25, 0.3) is 0 Å². The zero-order valence-electron chi connectivity index (χ0n) is 26.0. The monoisotopic (exact) mass is 716 g/mol. The minimum Gasteiger partial charge on any atom is -0.475 e. The molecule has 0 unspecified atom stereocenters. The summed E-state index contributed by atoms with van der Waals surface area (Å²) in [5.74, 6) is -7.92. The predicted molar refractivity (Wildman–Crippen MR) is 147 cm³/mol. The molecule has 0 saturated carbocycles. The molecule has 0 spiro atoms. The van der Waals surface area contributed by atoms with Crippen LogP contribution in [-0.2, 0) is 30.5 Å². The summed E-state index contributed by atoms with van der Waals surface area (Å²) in [6.45, 7) is 9.11. The lowest BCUT2D eigenvalue weighted by molar-refractivity contribution is -0.193. The first-order valence-electron chi connectivity index (χ1n) is 13.9. The molecule has 48 heavy (non-hydrogen) atoms. The van der Waals surface area contributed by atoms with Gasteiger partial charge in [0.1, 0.15) is 0 Å². The summed E-state index contributed by atoms with van der Waals surface area (Å²) in [7, 11) is 4.20. The van der Waals surface area contributed by atoms with Gasteiger partial charge in [0.05, 0.1) is 12.0 Å². The van der Waals surface area contributed by atoms with Crippen molar-refractivity contribution < 1.29 is 78.7 Å². The topological polar surface area (TPSA) is 161 Å². The molecule has 2 saturated heterocycles. The molecule has 2 aliphatic heterocycles. The summed E-state index contributed by atoms with van der Waals surface area (Å²) in [5, 5.41) is 21.4. The maximum atomic E-state index is 13.0. The van der Waals surface area contributed by atoms with Crippen LogP contribution in [0.1, 0.15) is 25.3 Å². The highest BCUT2D eigenvalue weighted by molar-refractivity contribution is 5.78. The lowest BCUT2D eigenvalue weighted by Crippen LogP contribution is -2.42.